The Hall–Kier alpha value is -0.940. The second kappa shape index (κ2) is 6.48. The van der Waals surface area contributed by atoms with Crippen LogP contribution >= 0.6 is 15.9 Å². The molecule has 0 aromatic heterocycles. The molecule has 1 aliphatic heterocycles. The van der Waals surface area contributed by atoms with Crippen LogP contribution < -0.4 is 0 Å². The van der Waals surface area contributed by atoms with Crippen LogP contribution in [0.4, 0.5) is 4.39 Å². The number of benzene rings is 1. The monoisotopic (exact) mass is 329 g/mol. The number of aliphatic carboxylic acids is 1. The van der Waals surface area contributed by atoms with E-state index in [1.54, 1.807) is 12.1 Å². The van der Waals surface area contributed by atoms with Crippen molar-refractivity contribution in [3.8, 4) is 0 Å². The number of carboxylic acids is 1. The molecule has 3 nitrogen and oxygen atoms in total. The van der Waals surface area contributed by atoms with Crippen molar-refractivity contribution in [3.05, 3.63) is 34.1 Å². The van der Waals surface area contributed by atoms with Crippen LogP contribution in [0.15, 0.2) is 22.7 Å². The molecule has 2 rings (SSSR count). The standard InChI is InChI=1S/C14H17BrFNO2/c15-12-7-11(1-3-13(12)16)9-17-6-5-10(8-17)2-4-14(18)19/h1,3,7,10H,2,4-6,8-9H2,(H,18,19). The Balaban J connectivity index is 1.84. The van der Waals surface area contributed by atoms with Gasteiger partial charge in [0.15, 0.2) is 0 Å². The van der Waals surface area contributed by atoms with Crippen LogP contribution in [0.3, 0.4) is 0 Å². The smallest absolute Gasteiger partial charge is 0.303 e. The minimum absolute atomic E-state index is 0.246. The van der Waals surface area contributed by atoms with Crippen LogP contribution in [0.25, 0.3) is 0 Å². The number of likely N-dealkylation sites (tertiary alicyclic amines) is 1. The van der Waals surface area contributed by atoms with E-state index in [2.05, 4.69) is 20.8 Å². The van der Waals surface area contributed by atoms with Crippen molar-refractivity contribution in [1.82, 2.24) is 4.90 Å². The summed E-state index contributed by atoms with van der Waals surface area (Å²) in [5.74, 6) is -0.495. The first-order valence-corrected chi connectivity index (χ1v) is 7.22. The maximum absolute atomic E-state index is 13.1. The van der Waals surface area contributed by atoms with E-state index in [9.17, 15) is 9.18 Å². The van der Waals surface area contributed by atoms with Gasteiger partial charge in [-0.1, -0.05) is 6.07 Å². The van der Waals surface area contributed by atoms with Crippen LogP contribution in [0, 0.1) is 11.7 Å². The summed E-state index contributed by atoms with van der Waals surface area (Å²) in [6.07, 6.45) is 2.05. The third-order valence-corrected chi connectivity index (χ3v) is 4.13. The molecule has 1 atom stereocenters. The summed E-state index contributed by atoms with van der Waals surface area (Å²) in [5, 5.41) is 8.68. The second-order valence-electron chi connectivity index (χ2n) is 5.07. The molecule has 1 aromatic rings. The number of carboxylic acid groups (broad SMARTS) is 1. The average Bonchev–Trinajstić information content (AvgIpc) is 2.79. The maximum Gasteiger partial charge on any atom is 0.303 e. The van der Waals surface area contributed by atoms with E-state index in [1.807, 2.05) is 0 Å². The van der Waals surface area contributed by atoms with Gasteiger partial charge in [-0.25, -0.2) is 4.39 Å². The lowest BCUT2D eigenvalue weighted by Crippen LogP contribution is -2.20. The van der Waals surface area contributed by atoms with Gasteiger partial charge in [0.2, 0.25) is 0 Å². The van der Waals surface area contributed by atoms with E-state index in [-0.39, 0.29) is 12.2 Å². The fraction of sp³-hybridized carbons (Fsp3) is 0.500. The van der Waals surface area contributed by atoms with Crippen LogP contribution in [0.5, 0.6) is 0 Å². The highest BCUT2D eigenvalue weighted by molar-refractivity contribution is 9.10. The number of hydrogen-bond acceptors (Lipinski definition) is 2. The van der Waals surface area contributed by atoms with Gasteiger partial charge in [-0.2, -0.15) is 0 Å². The van der Waals surface area contributed by atoms with Gasteiger partial charge in [-0.05, 0) is 58.9 Å². The zero-order valence-corrected chi connectivity index (χ0v) is 12.2. The van der Waals surface area contributed by atoms with E-state index in [0.717, 1.165) is 38.0 Å². The predicted molar refractivity (Wildman–Crippen MR) is 74.4 cm³/mol. The zero-order chi connectivity index (χ0) is 13.8. The molecule has 0 spiro atoms. The first-order chi connectivity index (χ1) is 9.04. The molecule has 19 heavy (non-hydrogen) atoms. The molecular weight excluding hydrogens is 313 g/mol. The lowest BCUT2D eigenvalue weighted by molar-refractivity contribution is -0.137. The van der Waals surface area contributed by atoms with E-state index < -0.39 is 5.97 Å². The molecule has 5 heteroatoms. The predicted octanol–water partition coefficient (Wildman–Crippen LogP) is 3.27. The van der Waals surface area contributed by atoms with Crippen molar-refractivity contribution in [1.29, 1.82) is 0 Å². The molecule has 1 fully saturated rings. The highest BCUT2D eigenvalue weighted by Crippen LogP contribution is 2.24. The summed E-state index contributed by atoms with van der Waals surface area (Å²) in [6.45, 7) is 2.71. The highest BCUT2D eigenvalue weighted by Gasteiger charge is 2.22. The lowest BCUT2D eigenvalue weighted by atomic mass is 10.0. The van der Waals surface area contributed by atoms with E-state index in [1.165, 1.54) is 6.07 Å². The van der Waals surface area contributed by atoms with Crippen molar-refractivity contribution in [3.63, 3.8) is 0 Å². The molecule has 1 N–H and O–H groups in total. The summed E-state index contributed by atoms with van der Waals surface area (Å²) < 4.78 is 13.6. The summed E-state index contributed by atoms with van der Waals surface area (Å²) in [6, 6.07) is 5.07. The molecule has 0 bridgehead atoms. The summed E-state index contributed by atoms with van der Waals surface area (Å²) in [4.78, 5) is 12.8. The molecule has 0 aliphatic carbocycles. The number of halogens is 2. The Kier molecular flexibility index (Phi) is 4.93. The van der Waals surface area contributed by atoms with Gasteiger partial charge >= 0.3 is 5.97 Å². The van der Waals surface area contributed by atoms with E-state index in [0.29, 0.717) is 10.4 Å². The number of hydrogen-bond donors (Lipinski definition) is 1. The third-order valence-electron chi connectivity index (χ3n) is 3.53. The van der Waals surface area contributed by atoms with Gasteiger partial charge in [-0.3, -0.25) is 9.69 Å². The van der Waals surface area contributed by atoms with E-state index in [4.69, 9.17) is 5.11 Å². The van der Waals surface area contributed by atoms with Gasteiger partial charge in [-0.15, -0.1) is 0 Å². The minimum atomic E-state index is -0.721. The largest absolute Gasteiger partial charge is 0.481 e. The van der Waals surface area contributed by atoms with E-state index >= 15 is 0 Å². The number of nitrogens with zero attached hydrogens (tertiary/aromatic N) is 1. The van der Waals surface area contributed by atoms with Crippen LogP contribution in [-0.4, -0.2) is 29.1 Å². The molecule has 1 saturated heterocycles. The quantitative estimate of drug-likeness (QED) is 0.901. The summed E-state index contributed by atoms with van der Waals surface area (Å²) in [7, 11) is 0. The summed E-state index contributed by atoms with van der Waals surface area (Å²) in [5.41, 5.74) is 1.08. The molecule has 0 saturated carbocycles. The molecule has 1 aliphatic rings. The van der Waals surface area contributed by atoms with Crippen LogP contribution in [0.2, 0.25) is 0 Å². The number of carbonyl (C=O) groups is 1. The first-order valence-electron chi connectivity index (χ1n) is 6.42. The average molecular weight is 330 g/mol. The van der Waals surface area contributed by atoms with Crippen molar-refractivity contribution >= 4 is 21.9 Å². The van der Waals surface area contributed by atoms with Gasteiger partial charge in [0.1, 0.15) is 5.82 Å². The molecular formula is C14H17BrFNO2. The van der Waals surface area contributed by atoms with Crippen LogP contribution in [0.1, 0.15) is 24.8 Å². The Morgan fingerprint density at radius 2 is 2.32 bits per heavy atom. The molecule has 0 radical (unpaired) electrons. The van der Waals surface area contributed by atoms with Crippen LogP contribution in [-0.2, 0) is 11.3 Å². The van der Waals surface area contributed by atoms with Gasteiger partial charge in [0.05, 0.1) is 4.47 Å². The lowest BCUT2D eigenvalue weighted by Gasteiger charge is -2.16. The SMILES string of the molecule is O=C(O)CCC1CCN(Cc2ccc(F)c(Br)c2)C1. The molecule has 1 aromatic carbocycles. The van der Waals surface area contributed by atoms with Crippen molar-refractivity contribution in [2.24, 2.45) is 5.92 Å². The molecule has 104 valence electrons. The third kappa shape index (κ3) is 4.28. The Labute approximate surface area is 120 Å². The van der Waals surface area contributed by atoms with Gasteiger partial charge in [0.25, 0.3) is 0 Å². The molecule has 0 amide bonds. The fourth-order valence-corrected chi connectivity index (χ4v) is 2.94. The molecule has 1 heterocycles. The maximum atomic E-state index is 13.1. The summed E-state index contributed by atoms with van der Waals surface area (Å²) >= 11 is 3.19. The molecule has 1 unspecified atom stereocenters. The number of rotatable bonds is 5. The Bertz CT molecular complexity index is 467. The van der Waals surface area contributed by atoms with Crippen molar-refractivity contribution in [2.45, 2.75) is 25.8 Å². The fourth-order valence-electron chi connectivity index (χ4n) is 2.52. The Morgan fingerprint density at radius 3 is 3.00 bits per heavy atom. The first kappa shape index (κ1) is 14.5. The normalized spacial score (nSPS) is 19.8. The zero-order valence-electron chi connectivity index (χ0n) is 10.6. The second-order valence-corrected chi connectivity index (χ2v) is 5.93. The van der Waals surface area contributed by atoms with Crippen molar-refractivity contribution < 1.29 is 14.3 Å². The minimum Gasteiger partial charge on any atom is -0.481 e. The Morgan fingerprint density at radius 1 is 1.53 bits per heavy atom. The highest BCUT2D eigenvalue weighted by atomic mass is 79.9. The van der Waals surface area contributed by atoms with Gasteiger partial charge in [0, 0.05) is 19.5 Å². The van der Waals surface area contributed by atoms with Crippen molar-refractivity contribution in [2.75, 3.05) is 13.1 Å². The topological polar surface area (TPSA) is 40.5 Å². The van der Waals surface area contributed by atoms with Gasteiger partial charge < -0.3 is 5.11 Å².